The Morgan fingerprint density at radius 3 is 1.60 bits per heavy atom. The van der Waals surface area contributed by atoms with Crippen molar-refractivity contribution in [3.8, 4) is 0 Å². The zero-order valence-corrected chi connectivity index (χ0v) is 4.02. The smallest absolute Gasteiger partial charge is 0.204 e. The second-order valence-electron chi connectivity index (χ2n) is 1.22. The van der Waals surface area contributed by atoms with Crippen molar-refractivity contribution in [3.05, 3.63) is 0 Å². The van der Waals surface area contributed by atoms with Crippen LogP contribution in [0.1, 0.15) is 0 Å². The highest BCUT2D eigenvalue weighted by Gasteiger charge is 1.76. The second-order valence-corrected chi connectivity index (χ2v) is 1.22. The standard InChI is InChI=1S/C3H9BN/c1-4-5(2)3/h1-3H3. The Kier molecular flexibility index (Phi) is 2.28. The minimum Gasteiger partial charge on any atom is -0.352 e. The topological polar surface area (TPSA) is 3.24 Å². The maximum atomic E-state index is 2.00. The van der Waals surface area contributed by atoms with Crippen LogP contribution >= 0.6 is 0 Å². The molecule has 1 radical (unpaired) electrons. The van der Waals surface area contributed by atoms with Crippen LogP contribution in [0.5, 0.6) is 0 Å². The third-order valence-electron chi connectivity index (χ3n) is 0.516. The van der Waals surface area contributed by atoms with Crippen LogP contribution in [0.2, 0.25) is 6.82 Å². The Bertz CT molecular complexity index is 20.9. The molecule has 0 saturated heterocycles. The lowest BCUT2D eigenvalue weighted by Crippen LogP contribution is -2.12. The summed E-state index contributed by atoms with van der Waals surface area (Å²) >= 11 is 0. The fraction of sp³-hybridized carbons (Fsp3) is 1.00. The second kappa shape index (κ2) is 2.27. The van der Waals surface area contributed by atoms with Crippen molar-refractivity contribution < 1.29 is 0 Å². The zero-order valence-electron chi connectivity index (χ0n) is 4.02. The summed E-state index contributed by atoms with van der Waals surface area (Å²) in [6, 6.07) is 0. The fourth-order valence-corrected chi connectivity index (χ4v) is 0. The van der Waals surface area contributed by atoms with Gasteiger partial charge < -0.3 is 4.81 Å². The molecule has 1 nitrogen and oxygen atoms in total. The summed E-state index contributed by atoms with van der Waals surface area (Å²) in [6.07, 6.45) is 0. The van der Waals surface area contributed by atoms with Crippen molar-refractivity contribution in [1.29, 1.82) is 0 Å². The summed E-state index contributed by atoms with van der Waals surface area (Å²) in [5.41, 5.74) is 0. The van der Waals surface area contributed by atoms with Gasteiger partial charge in [-0.25, -0.2) is 0 Å². The first-order chi connectivity index (χ1) is 2.27. The number of nitrogens with zero attached hydrogens (tertiary/aromatic N) is 1. The molecule has 0 aliphatic rings. The normalized spacial score (nSPS) is 8.80. The average molecular weight is 69.9 g/mol. The summed E-state index contributed by atoms with van der Waals surface area (Å²) in [6.45, 7) is 2.00. The van der Waals surface area contributed by atoms with Crippen molar-refractivity contribution in [2.24, 2.45) is 0 Å². The van der Waals surface area contributed by atoms with Crippen LogP contribution in [0.3, 0.4) is 0 Å². The lowest BCUT2D eigenvalue weighted by molar-refractivity contribution is 0.665. The van der Waals surface area contributed by atoms with Crippen LogP contribution < -0.4 is 0 Å². The lowest BCUT2D eigenvalue weighted by Gasteiger charge is -1.98. The monoisotopic (exact) mass is 70.1 g/mol. The minimum atomic E-state index is 2.00. The Morgan fingerprint density at radius 2 is 1.60 bits per heavy atom. The van der Waals surface area contributed by atoms with Gasteiger partial charge in [-0.2, -0.15) is 0 Å². The fourth-order valence-electron chi connectivity index (χ4n) is 0. The molecule has 0 aliphatic carbocycles. The van der Waals surface area contributed by atoms with E-state index < -0.39 is 0 Å². The molecule has 2 heteroatoms. The third-order valence-corrected chi connectivity index (χ3v) is 0.516. The van der Waals surface area contributed by atoms with Crippen LogP contribution in [0.4, 0.5) is 0 Å². The van der Waals surface area contributed by atoms with Crippen molar-refractivity contribution in [3.63, 3.8) is 0 Å². The number of hydrogen-bond acceptors (Lipinski definition) is 1. The van der Waals surface area contributed by atoms with E-state index in [0.29, 0.717) is 0 Å². The summed E-state index contributed by atoms with van der Waals surface area (Å²) in [5, 5.41) is 0. The van der Waals surface area contributed by atoms with E-state index in [9.17, 15) is 0 Å². The molecule has 0 aliphatic heterocycles. The van der Waals surface area contributed by atoms with Gasteiger partial charge in [0.2, 0.25) is 7.41 Å². The van der Waals surface area contributed by atoms with Crippen LogP contribution in [-0.2, 0) is 0 Å². The van der Waals surface area contributed by atoms with Gasteiger partial charge in [0.05, 0.1) is 0 Å². The van der Waals surface area contributed by atoms with Gasteiger partial charge in [0.1, 0.15) is 0 Å². The Balaban J connectivity index is 2.54. The largest absolute Gasteiger partial charge is 0.352 e. The summed E-state index contributed by atoms with van der Waals surface area (Å²) in [5.74, 6) is 0. The van der Waals surface area contributed by atoms with Gasteiger partial charge in [-0.1, -0.05) is 6.82 Å². The van der Waals surface area contributed by atoms with Gasteiger partial charge in [0.25, 0.3) is 0 Å². The molecule has 0 amide bonds. The lowest BCUT2D eigenvalue weighted by atomic mass is 9.99. The Labute approximate surface area is 34.2 Å². The molecule has 0 fully saturated rings. The van der Waals surface area contributed by atoms with E-state index in [-0.39, 0.29) is 0 Å². The molecule has 29 valence electrons. The average Bonchev–Trinajstić information content (AvgIpc) is 1.38. The highest BCUT2D eigenvalue weighted by atomic mass is 15.0. The quantitative estimate of drug-likeness (QED) is 0.399. The van der Waals surface area contributed by atoms with Gasteiger partial charge in [0, 0.05) is 0 Å². The first kappa shape index (κ1) is 5.02. The molecule has 0 spiro atoms. The number of rotatable bonds is 1. The maximum absolute atomic E-state index is 2.00. The molecular weight excluding hydrogens is 60.9 g/mol. The molecule has 0 rings (SSSR count). The van der Waals surface area contributed by atoms with Gasteiger partial charge >= 0.3 is 0 Å². The molecule has 0 bridgehead atoms. The van der Waals surface area contributed by atoms with Crippen LogP contribution in [0.15, 0.2) is 0 Å². The summed E-state index contributed by atoms with van der Waals surface area (Å²) in [4.78, 5) is 2.00. The van der Waals surface area contributed by atoms with E-state index in [0.717, 1.165) is 0 Å². The zero-order chi connectivity index (χ0) is 4.28. The summed E-state index contributed by atoms with van der Waals surface area (Å²) < 4.78 is 0. The number of hydrogen-bond donors (Lipinski definition) is 0. The molecule has 0 N–H and O–H groups in total. The highest BCUT2D eigenvalue weighted by Crippen LogP contribution is 1.60. The van der Waals surface area contributed by atoms with Crippen molar-refractivity contribution in [1.82, 2.24) is 4.81 Å². The predicted molar refractivity (Wildman–Crippen MR) is 25.3 cm³/mol. The molecule has 0 saturated carbocycles. The van der Waals surface area contributed by atoms with E-state index in [4.69, 9.17) is 0 Å². The molecule has 0 aromatic rings. The van der Waals surface area contributed by atoms with Crippen molar-refractivity contribution >= 4 is 7.41 Å². The first-order valence-electron chi connectivity index (χ1n) is 1.73. The Hall–Kier alpha value is 0.0249. The van der Waals surface area contributed by atoms with E-state index >= 15 is 0 Å². The molecule has 0 atom stereocenters. The minimum absolute atomic E-state index is 2.00. The molecular formula is C3H9BN. The summed E-state index contributed by atoms with van der Waals surface area (Å²) in [7, 11) is 6.00. The molecule has 0 aromatic heterocycles. The van der Waals surface area contributed by atoms with E-state index in [2.05, 4.69) is 0 Å². The third kappa shape index (κ3) is 4.02. The first-order valence-corrected chi connectivity index (χ1v) is 1.73. The van der Waals surface area contributed by atoms with Crippen molar-refractivity contribution in [2.45, 2.75) is 6.82 Å². The van der Waals surface area contributed by atoms with Gasteiger partial charge in [-0.15, -0.1) is 0 Å². The molecule has 0 heterocycles. The molecule has 0 aromatic carbocycles. The molecule has 0 unspecified atom stereocenters. The van der Waals surface area contributed by atoms with Gasteiger partial charge in [-0.05, 0) is 14.1 Å². The van der Waals surface area contributed by atoms with Crippen molar-refractivity contribution in [2.75, 3.05) is 14.1 Å². The Morgan fingerprint density at radius 1 is 1.40 bits per heavy atom. The van der Waals surface area contributed by atoms with Crippen LogP contribution in [0, 0.1) is 0 Å². The maximum Gasteiger partial charge on any atom is 0.204 e. The van der Waals surface area contributed by atoms with E-state index in [1.807, 2.05) is 33.1 Å². The van der Waals surface area contributed by atoms with E-state index in [1.54, 1.807) is 0 Å². The predicted octanol–water partition coefficient (Wildman–Crippen LogP) is 0.215. The van der Waals surface area contributed by atoms with Gasteiger partial charge in [-0.3, -0.25) is 0 Å². The molecule has 5 heavy (non-hydrogen) atoms. The van der Waals surface area contributed by atoms with Gasteiger partial charge in [0.15, 0.2) is 0 Å². The van der Waals surface area contributed by atoms with E-state index in [1.165, 1.54) is 0 Å². The SMILES string of the molecule is C[B]N(C)C. The van der Waals surface area contributed by atoms with Crippen LogP contribution in [0.25, 0.3) is 0 Å². The highest BCUT2D eigenvalue weighted by molar-refractivity contribution is 6.29. The van der Waals surface area contributed by atoms with Crippen LogP contribution in [-0.4, -0.2) is 26.3 Å².